The van der Waals surface area contributed by atoms with Gasteiger partial charge in [-0.3, -0.25) is 4.79 Å². The molecule has 4 heteroatoms. The third-order valence-electron chi connectivity index (χ3n) is 3.81. The summed E-state index contributed by atoms with van der Waals surface area (Å²) in [6, 6.07) is 6.25. The summed E-state index contributed by atoms with van der Waals surface area (Å²) >= 11 is 1.88. The van der Waals surface area contributed by atoms with E-state index in [9.17, 15) is 4.79 Å². The Morgan fingerprint density at radius 1 is 1.35 bits per heavy atom. The van der Waals surface area contributed by atoms with Crippen LogP contribution in [0.1, 0.15) is 30.4 Å². The van der Waals surface area contributed by atoms with Gasteiger partial charge in [0.25, 0.3) is 0 Å². The van der Waals surface area contributed by atoms with Crippen molar-refractivity contribution in [3.8, 4) is 5.75 Å². The summed E-state index contributed by atoms with van der Waals surface area (Å²) in [7, 11) is 3.17. The average Bonchev–Trinajstić information content (AvgIpc) is 3.18. The fourth-order valence-electron chi connectivity index (χ4n) is 2.32. The highest BCUT2D eigenvalue weighted by Gasteiger charge is 2.44. The monoisotopic (exact) mass is 294 g/mol. The number of benzene rings is 1. The van der Waals surface area contributed by atoms with E-state index in [1.807, 2.05) is 17.8 Å². The number of carbonyl (C=O) groups excluding carboxylic acids is 1. The second-order valence-corrected chi connectivity index (χ2v) is 6.55. The Morgan fingerprint density at radius 2 is 2.10 bits per heavy atom. The van der Waals surface area contributed by atoms with E-state index in [1.54, 1.807) is 7.11 Å². The second kappa shape index (κ2) is 6.53. The summed E-state index contributed by atoms with van der Waals surface area (Å²) in [4.78, 5) is 11.4. The highest BCUT2D eigenvalue weighted by atomic mass is 32.2. The first-order valence-corrected chi connectivity index (χ1v) is 8.02. The topological polar surface area (TPSA) is 35.5 Å². The Labute approximate surface area is 125 Å². The number of hydrogen-bond acceptors (Lipinski definition) is 4. The predicted molar refractivity (Wildman–Crippen MR) is 82.2 cm³/mol. The summed E-state index contributed by atoms with van der Waals surface area (Å²) in [5.41, 5.74) is 2.66. The van der Waals surface area contributed by atoms with Crippen molar-refractivity contribution in [3.05, 3.63) is 29.3 Å². The van der Waals surface area contributed by atoms with Gasteiger partial charge in [0.05, 0.1) is 20.6 Å². The molecule has 2 rings (SSSR count). The van der Waals surface area contributed by atoms with Crippen molar-refractivity contribution in [1.82, 2.24) is 0 Å². The van der Waals surface area contributed by atoms with Crippen LogP contribution in [-0.4, -0.2) is 25.9 Å². The molecule has 0 heterocycles. The zero-order valence-electron chi connectivity index (χ0n) is 12.4. The van der Waals surface area contributed by atoms with Crippen LogP contribution in [-0.2, 0) is 15.3 Å². The van der Waals surface area contributed by atoms with Crippen molar-refractivity contribution >= 4 is 17.7 Å². The highest BCUT2D eigenvalue weighted by Crippen LogP contribution is 2.51. The minimum atomic E-state index is -0.0868. The number of carbonyl (C=O) groups is 1. The minimum Gasteiger partial charge on any atom is -0.496 e. The van der Waals surface area contributed by atoms with Crippen molar-refractivity contribution in [3.63, 3.8) is 0 Å². The summed E-state index contributed by atoms with van der Waals surface area (Å²) < 4.78 is 10.2. The zero-order chi connectivity index (χ0) is 14.6. The second-order valence-electron chi connectivity index (χ2n) is 5.56. The molecule has 1 fully saturated rings. The normalized spacial score (nSPS) is 15.8. The molecule has 110 valence electrons. The third kappa shape index (κ3) is 3.92. The van der Waals surface area contributed by atoms with Gasteiger partial charge in [-0.15, -0.1) is 0 Å². The van der Waals surface area contributed by atoms with Gasteiger partial charge < -0.3 is 9.47 Å². The molecule has 0 unspecified atom stereocenters. The molecular weight excluding hydrogens is 272 g/mol. The van der Waals surface area contributed by atoms with E-state index in [0.29, 0.717) is 6.42 Å². The van der Waals surface area contributed by atoms with Crippen molar-refractivity contribution in [2.45, 2.75) is 31.9 Å². The Bertz CT molecular complexity index is 481. The van der Waals surface area contributed by atoms with Crippen LogP contribution in [0.4, 0.5) is 0 Å². The quantitative estimate of drug-likeness (QED) is 0.720. The SMILES string of the molecule is COC(=O)CC1(CSCc2cc(C)ccc2OC)CC1. The van der Waals surface area contributed by atoms with Crippen LogP contribution in [0.3, 0.4) is 0 Å². The van der Waals surface area contributed by atoms with Crippen LogP contribution in [0.25, 0.3) is 0 Å². The lowest BCUT2D eigenvalue weighted by Gasteiger charge is -2.14. The first-order chi connectivity index (χ1) is 9.58. The molecule has 1 aromatic rings. The van der Waals surface area contributed by atoms with Crippen LogP contribution in [0.2, 0.25) is 0 Å². The van der Waals surface area contributed by atoms with E-state index in [-0.39, 0.29) is 11.4 Å². The summed E-state index contributed by atoms with van der Waals surface area (Å²) in [6.45, 7) is 2.09. The Hall–Kier alpha value is -1.16. The van der Waals surface area contributed by atoms with Gasteiger partial charge in [-0.25, -0.2) is 0 Å². The first-order valence-electron chi connectivity index (χ1n) is 6.87. The van der Waals surface area contributed by atoms with E-state index in [4.69, 9.17) is 9.47 Å². The molecular formula is C16H22O3S. The maximum absolute atomic E-state index is 11.4. The molecule has 0 atom stereocenters. The molecule has 0 aliphatic heterocycles. The standard InChI is InChI=1S/C16H22O3S/c1-12-4-5-14(18-2)13(8-12)10-20-11-16(6-7-16)9-15(17)19-3/h4-5,8H,6-7,9-11H2,1-3H3. The van der Waals surface area contributed by atoms with Gasteiger partial charge in [0.15, 0.2) is 0 Å². The Kier molecular flexibility index (Phi) is 4.97. The molecule has 0 amide bonds. The fraction of sp³-hybridized carbons (Fsp3) is 0.562. The van der Waals surface area contributed by atoms with E-state index in [1.165, 1.54) is 18.2 Å². The number of esters is 1. The molecule has 1 aliphatic rings. The number of rotatable bonds is 7. The van der Waals surface area contributed by atoms with Crippen LogP contribution in [0, 0.1) is 12.3 Å². The van der Waals surface area contributed by atoms with Crippen molar-refractivity contribution in [2.75, 3.05) is 20.0 Å². The summed E-state index contributed by atoms with van der Waals surface area (Å²) in [5.74, 6) is 2.80. The third-order valence-corrected chi connectivity index (χ3v) is 5.14. The Morgan fingerprint density at radius 3 is 2.70 bits per heavy atom. The van der Waals surface area contributed by atoms with Crippen molar-refractivity contribution in [1.29, 1.82) is 0 Å². The molecule has 0 bridgehead atoms. The molecule has 0 aromatic heterocycles. The van der Waals surface area contributed by atoms with Gasteiger partial charge in [0, 0.05) is 11.3 Å². The average molecular weight is 294 g/mol. The number of methoxy groups -OCH3 is 2. The largest absolute Gasteiger partial charge is 0.496 e. The number of thioether (sulfide) groups is 1. The molecule has 1 aliphatic carbocycles. The van der Waals surface area contributed by atoms with Crippen LogP contribution in [0.15, 0.2) is 18.2 Å². The smallest absolute Gasteiger partial charge is 0.306 e. The van der Waals surface area contributed by atoms with Crippen molar-refractivity contribution in [2.24, 2.45) is 5.41 Å². The van der Waals surface area contributed by atoms with E-state index in [2.05, 4.69) is 19.1 Å². The molecule has 0 saturated heterocycles. The zero-order valence-corrected chi connectivity index (χ0v) is 13.2. The van der Waals surface area contributed by atoms with E-state index >= 15 is 0 Å². The lowest BCUT2D eigenvalue weighted by atomic mass is 10.1. The maximum atomic E-state index is 11.4. The fourth-order valence-corrected chi connectivity index (χ4v) is 3.70. The first kappa shape index (κ1) is 15.2. The lowest BCUT2D eigenvalue weighted by molar-refractivity contribution is -0.141. The molecule has 0 spiro atoms. The maximum Gasteiger partial charge on any atom is 0.306 e. The van der Waals surface area contributed by atoms with Gasteiger partial charge in [-0.1, -0.05) is 17.7 Å². The number of aryl methyl sites for hydroxylation is 1. The van der Waals surface area contributed by atoms with Gasteiger partial charge in [0.1, 0.15) is 5.75 Å². The number of ether oxygens (including phenoxy) is 2. The van der Waals surface area contributed by atoms with E-state index < -0.39 is 0 Å². The number of hydrogen-bond donors (Lipinski definition) is 0. The van der Waals surface area contributed by atoms with Crippen LogP contribution >= 0.6 is 11.8 Å². The molecule has 0 radical (unpaired) electrons. The lowest BCUT2D eigenvalue weighted by Crippen LogP contribution is -2.13. The summed E-state index contributed by atoms with van der Waals surface area (Å²) in [5, 5.41) is 0. The molecule has 0 N–H and O–H groups in total. The Balaban J connectivity index is 1.87. The predicted octanol–water partition coefficient (Wildman–Crippen LogP) is 3.58. The highest BCUT2D eigenvalue weighted by molar-refractivity contribution is 7.98. The summed E-state index contributed by atoms with van der Waals surface area (Å²) in [6.07, 6.45) is 2.83. The van der Waals surface area contributed by atoms with E-state index in [0.717, 1.165) is 30.1 Å². The van der Waals surface area contributed by atoms with Crippen LogP contribution in [0.5, 0.6) is 5.75 Å². The molecule has 3 nitrogen and oxygen atoms in total. The molecule has 1 saturated carbocycles. The van der Waals surface area contributed by atoms with Gasteiger partial charge in [-0.2, -0.15) is 11.8 Å². The molecule has 20 heavy (non-hydrogen) atoms. The molecule has 1 aromatic carbocycles. The van der Waals surface area contributed by atoms with Crippen LogP contribution < -0.4 is 4.74 Å². The van der Waals surface area contributed by atoms with Gasteiger partial charge >= 0.3 is 5.97 Å². The van der Waals surface area contributed by atoms with Crippen molar-refractivity contribution < 1.29 is 14.3 Å². The minimum absolute atomic E-state index is 0.0868. The van der Waals surface area contributed by atoms with Gasteiger partial charge in [0.2, 0.25) is 0 Å². The van der Waals surface area contributed by atoms with Gasteiger partial charge in [-0.05, 0) is 37.0 Å².